The molecule has 0 aromatic heterocycles. The van der Waals surface area contributed by atoms with Crippen LogP contribution in [-0.2, 0) is 0 Å². The summed E-state index contributed by atoms with van der Waals surface area (Å²) in [4.78, 5) is 3.83. The maximum absolute atomic E-state index is 10.0. The van der Waals surface area contributed by atoms with Gasteiger partial charge in [0.1, 0.15) is 0 Å². The molecule has 0 saturated heterocycles. The Morgan fingerprint density at radius 3 is 1.76 bits per heavy atom. The quantitative estimate of drug-likeness (QED) is 0.148. The fraction of sp³-hybridized carbons (Fsp3) is 0. The first-order chi connectivity index (χ1) is 22.7. The van der Waals surface area contributed by atoms with E-state index in [1.54, 1.807) is 0 Å². The Hall–Kier alpha value is -6.48. The Morgan fingerprint density at radius 2 is 1.02 bits per heavy atom. The molecule has 2 nitrogen and oxygen atoms in total. The molecule has 0 saturated carbocycles. The molecule has 0 spiro atoms. The Labute approximate surface area is 264 Å². The van der Waals surface area contributed by atoms with Crippen LogP contribution in [0, 0.1) is 17.9 Å². The predicted molar refractivity (Wildman–Crippen MR) is 193 cm³/mol. The Kier molecular flexibility index (Phi) is 4.89. The zero-order valence-electron chi connectivity index (χ0n) is 24.6. The fourth-order valence-electron chi connectivity index (χ4n) is 8.21. The number of nitrogens with zero attached hydrogens (tertiary/aromatic N) is 2. The van der Waals surface area contributed by atoms with Gasteiger partial charge < -0.3 is 0 Å². The van der Waals surface area contributed by atoms with Crippen LogP contribution in [0.25, 0.3) is 103 Å². The Balaban J connectivity index is 1.60. The van der Waals surface area contributed by atoms with Crippen molar-refractivity contribution in [3.8, 4) is 28.3 Å². The summed E-state index contributed by atoms with van der Waals surface area (Å²) in [7, 11) is 0. The first-order valence-corrected chi connectivity index (χ1v) is 15.5. The molecule has 0 aliphatic carbocycles. The van der Waals surface area contributed by atoms with Crippen LogP contribution < -0.4 is 0 Å². The standard InChI is InChI=1S/C44H22N2/c1-46-29-14-5-13-28(22-29)39-37-23-36-31-16-3-2-15-30(31)32-17-8-20-35(41(32)36)42(37)40(27-12-4-9-25(21-27)24-45)44-34-19-7-11-26-10-6-18-33(38(26)34)43(39)44/h2-23H. The van der Waals surface area contributed by atoms with Gasteiger partial charge in [-0.05, 0) is 122 Å². The summed E-state index contributed by atoms with van der Waals surface area (Å²) < 4.78 is 0. The molecule has 0 aliphatic heterocycles. The third-order valence-corrected chi connectivity index (χ3v) is 9.93. The van der Waals surface area contributed by atoms with Gasteiger partial charge in [-0.3, -0.25) is 0 Å². The minimum absolute atomic E-state index is 0.622. The summed E-state index contributed by atoms with van der Waals surface area (Å²) in [5.41, 5.74) is 5.62. The highest BCUT2D eigenvalue weighted by Gasteiger charge is 2.26. The molecule has 46 heavy (non-hydrogen) atoms. The van der Waals surface area contributed by atoms with E-state index in [-0.39, 0.29) is 0 Å². The van der Waals surface area contributed by atoms with Gasteiger partial charge in [-0.15, -0.1) is 0 Å². The van der Waals surface area contributed by atoms with Crippen LogP contribution in [0.3, 0.4) is 0 Å². The van der Waals surface area contributed by atoms with Crippen molar-refractivity contribution in [1.82, 2.24) is 0 Å². The number of hydrogen-bond donors (Lipinski definition) is 0. The van der Waals surface area contributed by atoms with Gasteiger partial charge in [0.05, 0.1) is 18.2 Å². The van der Waals surface area contributed by atoms with Crippen molar-refractivity contribution in [2.45, 2.75) is 0 Å². The highest BCUT2D eigenvalue weighted by Crippen LogP contribution is 2.54. The molecular weight excluding hydrogens is 556 g/mol. The molecule has 0 radical (unpaired) electrons. The van der Waals surface area contributed by atoms with Crippen LogP contribution in [0.15, 0.2) is 133 Å². The van der Waals surface area contributed by atoms with Gasteiger partial charge in [0, 0.05) is 0 Å². The van der Waals surface area contributed by atoms with Crippen molar-refractivity contribution < 1.29 is 0 Å². The van der Waals surface area contributed by atoms with E-state index in [4.69, 9.17) is 6.57 Å². The lowest BCUT2D eigenvalue weighted by Gasteiger charge is -2.19. The molecule has 10 aromatic rings. The lowest BCUT2D eigenvalue weighted by atomic mass is 9.83. The monoisotopic (exact) mass is 578 g/mol. The minimum atomic E-state index is 0.622. The molecule has 2 heteroatoms. The summed E-state index contributed by atoms with van der Waals surface area (Å²) in [6.45, 7) is 7.86. The van der Waals surface area contributed by atoms with Crippen LogP contribution in [0.5, 0.6) is 0 Å². The zero-order valence-corrected chi connectivity index (χ0v) is 24.6. The first-order valence-electron chi connectivity index (χ1n) is 15.5. The molecule has 0 aliphatic rings. The smallest absolute Gasteiger partial charge is 0.187 e. The lowest BCUT2D eigenvalue weighted by molar-refractivity contribution is 1.49. The van der Waals surface area contributed by atoms with Gasteiger partial charge in [0.25, 0.3) is 0 Å². The zero-order chi connectivity index (χ0) is 30.5. The van der Waals surface area contributed by atoms with Crippen LogP contribution >= 0.6 is 0 Å². The van der Waals surface area contributed by atoms with Gasteiger partial charge in [0.2, 0.25) is 0 Å². The van der Waals surface area contributed by atoms with Crippen molar-refractivity contribution in [3.63, 3.8) is 0 Å². The number of fused-ring (bicyclic) bond motifs is 8. The Bertz CT molecular complexity index is 2980. The second-order valence-electron chi connectivity index (χ2n) is 12.2. The second-order valence-corrected chi connectivity index (χ2v) is 12.2. The fourth-order valence-corrected chi connectivity index (χ4v) is 8.21. The molecule has 208 valence electrons. The normalized spacial score (nSPS) is 11.9. The van der Waals surface area contributed by atoms with E-state index in [0.29, 0.717) is 11.3 Å². The van der Waals surface area contributed by atoms with E-state index in [9.17, 15) is 5.26 Å². The van der Waals surface area contributed by atoms with Crippen molar-refractivity contribution in [2.75, 3.05) is 0 Å². The van der Waals surface area contributed by atoms with Gasteiger partial charge >= 0.3 is 0 Å². The van der Waals surface area contributed by atoms with E-state index in [1.165, 1.54) is 70.0 Å². The van der Waals surface area contributed by atoms with E-state index in [2.05, 4.69) is 108 Å². The molecule has 0 N–H and O–H groups in total. The summed E-state index contributed by atoms with van der Waals surface area (Å²) in [6.07, 6.45) is 0. The van der Waals surface area contributed by atoms with Crippen LogP contribution in [0.2, 0.25) is 0 Å². The van der Waals surface area contributed by atoms with Crippen LogP contribution in [0.4, 0.5) is 5.69 Å². The van der Waals surface area contributed by atoms with Crippen LogP contribution in [-0.4, -0.2) is 0 Å². The van der Waals surface area contributed by atoms with Crippen molar-refractivity contribution in [3.05, 3.63) is 150 Å². The van der Waals surface area contributed by atoms with Gasteiger partial charge in [-0.1, -0.05) is 109 Å². The first kappa shape index (κ1) is 24.9. The third-order valence-electron chi connectivity index (χ3n) is 9.93. The number of rotatable bonds is 2. The SMILES string of the molecule is [C-]#[N+]c1cccc(-c2c3cc4c5ccccc5c5cccc(c3c(-c3cccc(C#N)c3)c3c6cccc7cccc(c23)c76)c54)c1. The molecule has 0 unspecified atom stereocenters. The molecule has 10 aromatic carbocycles. The van der Waals surface area contributed by atoms with E-state index >= 15 is 0 Å². The largest absolute Gasteiger partial charge is 0.238 e. The summed E-state index contributed by atoms with van der Waals surface area (Å²) in [5, 5.41) is 27.0. The summed E-state index contributed by atoms with van der Waals surface area (Å²) in [5.74, 6) is 0. The average Bonchev–Trinajstić information content (AvgIpc) is 3.62. The van der Waals surface area contributed by atoms with Gasteiger partial charge in [-0.2, -0.15) is 5.26 Å². The van der Waals surface area contributed by atoms with Crippen molar-refractivity contribution in [1.29, 1.82) is 5.26 Å². The van der Waals surface area contributed by atoms with Crippen LogP contribution in [0.1, 0.15) is 5.56 Å². The molecule has 0 amide bonds. The molecular formula is C44H22N2. The van der Waals surface area contributed by atoms with E-state index < -0.39 is 0 Å². The third kappa shape index (κ3) is 3.13. The topological polar surface area (TPSA) is 28.1 Å². The predicted octanol–water partition coefficient (Wildman–Crippen LogP) is 12.4. The molecule has 0 atom stereocenters. The minimum Gasteiger partial charge on any atom is -0.238 e. The molecule has 0 heterocycles. The summed E-state index contributed by atoms with van der Waals surface area (Å²) >= 11 is 0. The molecule has 10 rings (SSSR count). The van der Waals surface area contributed by atoms with E-state index in [1.807, 2.05) is 36.4 Å². The van der Waals surface area contributed by atoms with Gasteiger partial charge in [-0.25, -0.2) is 4.85 Å². The number of hydrogen-bond acceptors (Lipinski definition) is 1. The number of nitriles is 1. The maximum atomic E-state index is 10.0. The lowest BCUT2D eigenvalue weighted by Crippen LogP contribution is -1.91. The summed E-state index contributed by atoms with van der Waals surface area (Å²) in [6, 6.07) is 49.5. The molecule has 0 fully saturated rings. The molecule has 0 bridgehead atoms. The van der Waals surface area contributed by atoms with Gasteiger partial charge in [0.15, 0.2) is 5.69 Å². The number of benzene rings is 8. The highest BCUT2D eigenvalue weighted by molar-refractivity contribution is 6.44. The van der Waals surface area contributed by atoms with Crippen molar-refractivity contribution >= 4 is 81.1 Å². The Morgan fingerprint density at radius 1 is 0.435 bits per heavy atom. The average molecular weight is 579 g/mol. The van der Waals surface area contributed by atoms with Crippen molar-refractivity contribution in [2.24, 2.45) is 0 Å². The van der Waals surface area contributed by atoms with E-state index in [0.717, 1.165) is 27.6 Å². The second kappa shape index (κ2) is 9.02. The maximum Gasteiger partial charge on any atom is 0.187 e. The highest BCUT2D eigenvalue weighted by atomic mass is 14.6.